The number of hydrogen-bond donors (Lipinski definition) is 1. The van der Waals surface area contributed by atoms with Crippen LogP contribution < -0.4 is 5.32 Å². The number of nitrogens with one attached hydrogen (secondary N) is 1. The lowest BCUT2D eigenvalue weighted by Gasteiger charge is -2.12. The van der Waals surface area contributed by atoms with Gasteiger partial charge in [0.2, 0.25) is 11.1 Å². The minimum atomic E-state index is 0.0141. The first-order chi connectivity index (χ1) is 10.7. The summed E-state index contributed by atoms with van der Waals surface area (Å²) in [6, 6.07) is 10.2. The first-order valence-electron chi connectivity index (χ1n) is 7.41. The van der Waals surface area contributed by atoms with Crippen LogP contribution in [0, 0.1) is 0 Å². The van der Waals surface area contributed by atoms with Crippen molar-refractivity contribution < 1.29 is 4.79 Å². The molecule has 1 aromatic carbocycles. The maximum absolute atomic E-state index is 11.9. The van der Waals surface area contributed by atoms with E-state index < -0.39 is 0 Å². The van der Waals surface area contributed by atoms with E-state index in [4.69, 9.17) is 0 Å². The number of nitrogens with zero attached hydrogens (tertiary/aromatic N) is 4. The van der Waals surface area contributed by atoms with Crippen LogP contribution in [0.4, 0.5) is 0 Å². The summed E-state index contributed by atoms with van der Waals surface area (Å²) in [5, 5.41) is 15.3. The molecule has 22 heavy (non-hydrogen) atoms. The predicted octanol–water partition coefficient (Wildman–Crippen LogP) is 2.12. The molecule has 1 amide bonds. The zero-order valence-corrected chi connectivity index (χ0v) is 13.7. The van der Waals surface area contributed by atoms with Crippen molar-refractivity contribution in [2.45, 2.75) is 44.4 Å². The molecule has 1 unspecified atom stereocenters. The first kappa shape index (κ1) is 16.5. The molecule has 6 nitrogen and oxygen atoms in total. The molecule has 0 radical (unpaired) electrons. The second kappa shape index (κ2) is 8.53. The van der Waals surface area contributed by atoms with Crippen LogP contribution in [0.15, 0.2) is 35.5 Å². The number of carbonyl (C=O) groups excluding carboxylic acids is 1. The Morgan fingerprint density at radius 2 is 2.14 bits per heavy atom. The largest absolute Gasteiger partial charge is 0.353 e. The Bertz CT molecular complexity index is 587. The third-order valence-corrected chi connectivity index (χ3v) is 4.09. The summed E-state index contributed by atoms with van der Waals surface area (Å²) in [7, 11) is 0. The van der Waals surface area contributed by atoms with Crippen LogP contribution in [0.3, 0.4) is 0 Å². The van der Waals surface area contributed by atoms with Gasteiger partial charge in [-0.2, -0.15) is 0 Å². The van der Waals surface area contributed by atoms with Crippen molar-refractivity contribution in [1.29, 1.82) is 0 Å². The van der Waals surface area contributed by atoms with Crippen LogP contribution >= 0.6 is 11.8 Å². The van der Waals surface area contributed by atoms with Gasteiger partial charge in [0.1, 0.15) is 0 Å². The number of benzene rings is 1. The molecular weight excluding hydrogens is 298 g/mol. The third-order valence-electron chi connectivity index (χ3n) is 3.14. The standard InChI is InChI=1S/C15H21N5OS/c1-3-7-12(2)16-14(21)11-22-15-17-18-19-20(15)10-13-8-5-4-6-9-13/h4-6,8-9,12H,3,7,10-11H2,1-2H3,(H,16,21). The van der Waals surface area contributed by atoms with Crippen LogP contribution in [0.2, 0.25) is 0 Å². The van der Waals surface area contributed by atoms with E-state index in [0.717, 1.165) is 18.4 Å². The van der Waals surface area contributed by atoms with Crippen LogP contribution in [0.25, 0.3) is 0 Å². The van der Waals surface area contributed by atoms with Gasteiger partial charge in [-0.15, -0.1) is 5.10 Å². The molecule has 0 aliphatic rings. The van der Waals surface area contributed by atoms with Crippen molar-refractivity contribution in [3.8, 4) is 0 Å². The molecule has 0 saturated heterocycles. The Labute approximate surface area is 134 Å². The number of aromatic nitrogens is 4. The Hall–Kier alpha value is -1.89. The van der Waals surface area contributed by atoms with E-state index in [1.807, 2.05) is 37.3 Å². The van der Waals surface area contributed by atoms with Crippen molar-refractivity contribution in [2.24, 2.45) is 0 Å². The summed E-state index contributed by atoms with van der Waals surface area (Å²) in [4.78, 5) is 11.9. The quantitative estimate of drug-likeness (QED) is 0.755. The highest BCUT2D eigenvalue weighted by atomic mass is 32.2. The second-order valence-electron chi connectivity index (χ2n) is 5.15. The van der Waals surface area contributed by atoms with Gasteiger partial charge >= 0.3 is 0 Å². The van der Waals surface area contributed by atoms with Gasteiger partial charge in [-0.3, -0.25) is 4.79 Å². The highest BCUT2D eigenvalue weighted by Crippen LogP contribution is 2.14. The van der Waals surface area contributed by atoms with E-state index in [1.165, 1.54) is 11.8 Å². The maximum atomic E-state index is 11.9. The van der Waals surface area contributed by atoms with Gasteiger partial charge in [-0.25, -0.2) is 4.68 Å². The molecule has 0 aliphatic carbocycles. The Morgan fingerprint density at radius 3 is 2.86 bits per heavy atom. The zero-order valence-electron chi connectivity index (χ0n) is 12.9. The minimum Gasteiger partial charge on any atom is -0.353 e. The normalized spacial score (nSPS) is 12.1. The van der Waals surface area contributed by atoms with E-state index in [9.17, 15) is 4.79 Å². The van der Waals surface area contributed by atoms with E-state index >= 15 is 0 Å². The molecule has 2 rings (SSSR count). The smallest absolute Gasteiger partial charge is 0.230 e. The number of carbonyl (C=O) groups is 1. The summed E-state index contributed by atoms with van der Waals surface area (Å²) in [5.41, 5.74) is 1.12. The topological polar surface area (TPSA) is 72.7 Å². The molecule has 2 aromatic rings. The van der Waals surface area contributed by atoms with Crippen molar-refractivity contribution in [3.63, 3.8) is 0 Å². The van der Waals surface area contributed by atoms with E-state index in [-0.39, 0.29) is 11.9 Å². The molecule has 7 heteroatoms. The molecule has 1 atom stereocenters. The fourth-order valence-electron chi connectivity index (χ4n) is 2.11. The molecule has 0 fully saturated rings. The number of thioether (sulfide) groups is 1. The molecule has 118 valence electrons. The molecule has 0 spiro atoms. The lowest BCUT2D eigenvalue weighted by Crippen LogP contribution is -2.33. The summed E-state index contributed by atoms with van der Waals surface area (Å²) in [6.07, 6.45) is 2.05. The van der Waals surface area contributed by atoms with Crippen molar-refractivity contribution >= 4 is 17.7 Å². The van der Waals surface area contributed by atoms with E-state index in [1.54, 1.807) is 4.68 Å². The monoisotopic (exact) mass is 319 g/mol. The van der Waals surface area contributed by atoms with E-state index in [0.29, 0.717) is 17.5 Å². The lowest BCUT2D eigenvalue weighted by atomic mass is 10.2. The summed E-state index contributed by atoms with van der Waals surface area (Å²) in [5.74, 6) is 0.337. The molecule has 0 aliphatic heterocycles. The lowest BCUT2D eigenvalue weighted by molar-refractivity contribution is -0.119. The molecule has 0 bridgehead atoms. The summed E-state index contributed by atoms with van der Waals surface area (Å²) < 4.78 is 1.71. The maximum Gasteiger partial charge on any atom is 0.230 e. The Morgan fingerprint density at radius 1 is 1.36 bits per heavy atom. The molecule has 0 saturated carbocycles. The van der Waals surface area contributed by atoms with Gasteiger partial charge in [0.05, 0.1) is 12.3 Å². The Balaban J connectivity index is 1.86. The Kier molecular flexibility index (Phi) is 6.39. The van der Waals surface area contributed by atoms with Gasteiger partial charge in [0.15, 0.2) is 0 Å². The van der Waals surface area contributed by atoms with Gasteiger partial charge in [0.25, 0.3) is 0 Å². The molecular formula is C15H21N5OS. The second-order valence-corrected chi connectivity index (χ2v) is 6.09. The SMILES string of the molecule is CCCC(C)NC(=O)CSc1nnnn1Cc1ccccc1. The van der Waals surface area contributed by atoms with Crippen molar-refractivity contribution in [2.75, 3.05) is 5.75 Å². The summed E-state index contributed by atoms with van der Waals surface area (Å²) >= 11 is 1.36. The fraction of sp³-hybridized carbons (Fsp3) is 0.467. The van der Waals surface area contributed by atoms with Crippen LogP contribution in [0.1, 0.15) is 32.3 Å². The summed E-state index contributed by atoms with van der Waals surface area (Å²) in [6.45, 7) is 4.73. The highest BCUT2D eigenvalue weighted by molar-refractivity contribution is 7.99. The molecule has 1 aromatic heterocycles. The average Bonchev–Trinajstić information content (AvgIpc) is 2.93. The van der Waals surface area contributed by atoms with Gasteiger partial charge in [-0.05, 0) is 29.3 Å². The minimum absolute atomic E-state index is 0.0141. The number of hydrogen-bond acceptors (Lipinski definition) is 5. The molecule has 1 N–H and O–H groups in total. The van der Waals surface area contributed by atoms with Crippen molar-refractivity contribution in [3.05, 3.63) is 35.9 Å². The van der Waals surface area contributed by atoms with Crippen LogP contribution in [0.5, 0.6) is 0 Å². The van der Waals surface area contributed by atoms with E-state index in [2.05, 4.69) is 27.8 Å². The molecule has 1 heterocycles. The number of tetrazole rings is 1. The van der Waals surface area contributed by atoms with Crippen molar-refractivity contribution in [1.82, 2.24) is 25.5 Å². The van der Waals surface area contributed by atoms with Gasteiger partial charge in [-0.1, -0.05) is 55.4 Å². The predicted molar refractivity (Wildman–Crippen MR) is 86.6 cm³/mol. The third kappa shape index (κ3) is 5.14. The number of amides is 1. The van der Waals surface area contributed by atoms with Crippen LogP contribution in [-0.2, 0) is 11.3 Å². The van der Waals surface area contributed by atoms with Crippen LogP contribution in [-0.4, -0.2) is 37.9 Å². The highest BCUT2D eigenvalue weighted by Gasteiger charge is 2.11. The van der Waals surface area contributed by atoms with Gasteiger partial charge < -0.3 is 5.32 Å². The fourth-order valence-corrected chi connectivity index (χ4v) is 2.80. The number of rotatable bonds is 8. The zero-order chi connectivity index (χ0) is 15.8. The van der Waals surface area contributed by atoms with Gasteiger partial charge in [0, 0.05) is 6.04 Å². The average molecular weight is 319 g/mol. The first-order valence-corrected chi connectivity index (χ1v) is 8.40.